The normalized spacial score (nSPS) is 22.3. The molecule has 0 unspecified atom stereocenters. The second-order valence-corrected chi connectivity index (χ2v) is 12.3. The number of hydrogen-bond donors (Lipinski definition) is 3. The predicted molar refractivity (Wildman–Crippen MR) is 166 cm³/mol. The molecule has 1 aliphatic heterocycles. The third kappa shape index (κ3) is 19.1. The second kappa shape index (κ2) is 26.2. The first-order chi connectivity index (χ1) is 20.4. The number of rotatable bonds is 27. The molecule has 248 valence electrons. The van der Waals surface area contributed by atoms with Crippen molar-refractivity contribution < 1.29 is 39.1 Å². The molecule has 1 fully saturated rings. The maximum absolute atomic E-state index is 12.3. The van der Waals surface area contributed by atoms with E-state index in [1.807, 2.05) is 0 Å². The van der Waals surface area contributed by atoms with Crippen LogP contribution in [-0.2, 0) is 23.8 Å². The third-order valence-corrected chi connectivity index (χ3v) is 8.29. The average Bonchev–Trinajstić information content (AvgIpc) is 2.98. The van der Waals surface area contributed by atoms with Gasteiger partial charge in [-0.25, -0.2) is 0 Å². The lowest BCUT2D eigenvalue weighted by molar-refractivity contribution is -0.293. The smallest absolute Gasteiger partial charge is 0.308 e. The first kappa shape index (κ1) is 38.8. The van der Waals surface area contributed by atoms with Gasteiger partial charge in [0.15, 0.2) is 0 Å². The molecule has 8 heteroatoms. The molecule has 0 aliphatic carbocycles. The van der Waals surface area contributed by atoms with Gasteiger partial charge in [-0.15, -0.1) is 0 Å². The minimum atomic E-state index is -1.58. The lowest BCUT2D eigenvalue weighted by Gasteiger charge is -2.39. The highest BCUT2D eigenvalue weighted by Crippen LogP contribution is 2.23. The minimum absolute atomic E-state index is 0.195. The van der Waals surface area contributed by atoms with E-state index in [4.69, 9.17) is 14.2 Å². The monoisotopic (exact) mass is 600 g/mol. The molecule has 0 aromatic rings. The molecule has 0 aromatic carbocycles. The van der Waals surface area contributed by atoms with Crippen molar-refractivity contribution in [2.45, 2.75) is 199 Å². The quantitative estimate of drug-likeness (QED) is 0.0664. The lowest BCUT2D eigenvalue weighted by Crippen LogP contribution is -2.59. The van der Waals surface area contributed by atoms with Gasteiger partial charge >= 0.3 is 11.9 Å². The zero-order valence-corrected chi connectivity index (χ0v) is 26.9. The first-order valence-electron chi connectivity index (χ1n) is 17.4. The van der Waals surface area contributed by atoms with Crippen LogP contribution >= 0.6 is 0 Å². The van der Waals surface area contributed by atoms with E-state index in [-0.39, 0.29) is 19.4 Å². The summed E-state index contributed by atoms with van der Waals surface area (Å²) in [7, 11) is 0. The maximum Gasteiger partial charge on any atom is 0.308 e. The predicted octanol–water partition coefficient (Wildman–Crippen LogP) is 7.28. The van der Waals surface area contributed by atoms with Crippen LogP contribution in [0.25, 0.3) is 0 Å². The van der Waals surface area contributed by atoms with Crippen LogP contribution in [0.15, 0.2) is 0 Å². The summed E-state index contributed by atoms with van der Waals surface area (Å²) in [5, 5.41) is 30.8. The summed E-state index contributed by atoms with van der Waals surface area (Å²) in [5.74, 6) is -0.918. The van der Waals surface area contributed by atoms with Gasteiger partial charge in [-0.2, -0.15) is 0 Å². The molecule has 1 heterocycles. The van der Waals surface area contributed by atoms with Gasteiger partial charge in [0, 0.05) is 12.8 Å². The largest absolute Gasteiger partial charge is 0.463 e. The molecule has 5 atom stereocenters. The summed E-state index contributed by atoms with van der Waals surface area (Å²) >= 11 is 0. The Bertz CT molecular complexity index is 655. The Balaban J connectivity index is 2.16. The van der Waals surface area contributed by atoms with E-state index < -0.39 is 42.6 Å². The van der Waals surface area contributed by atoms with Crippen molar-refractivity contribution in [2.75, 3.05) is 6.61 Å². The molecule has 1 saturated heterocycles. The number of esters is 2. The summed E-state index contributed by atoms with van der Waals surface area (Å²) in [5.41, 5.74) is 0. The first-order valence-corrected chi connectivity index (χ1v) is 17.4. The molecule has 8 nitrogen and oxygen atoms in total. The molecule has 42 heavy (non-hydrogen) atoms. The highest BCUT2D eigenvalue weighted by atomic mass is 16.7. The number of carbonyl (C=O) groups excluding carboxylic acids is 2. The molecular formula is C34H64O8. The summed E-state index contributed by atoms with van der Waals surface area (Å²) in [6.07, 6.45) is 19.4. The van der Waals surface area contributed by atoms with Crippen LogP contribution in [0.3, 0.4) is 0 Å². The summed E-state index contributed by atoms with van der Waals surface area (Å²) in [6, 6.07) is 0. The molecule has 1 aliphatic rings. The number of hydrogen-bond acceptors (Lipinski definition) is 8. The standard InChI is InChI=1S/C34H64O8/c1-3-5-7-9-11-13-15-17-19-21-23-25-29(35)40-27-28-31(37)32(38)33(39)34(41-28)42-30(36)26-24-22-20-18-16-14-12-10-8-6-4-2/h28,31-34,37-39H,3-27H2,1-2H3/t28-,31-,32+,33-,34+/m1/s1. The Hall–Kier alpha value is -1.22. The fourth-order valence-electron chi connectivity index (χ4n) is 5.45. The van der Waals surface area contributed by atoms with Gasteiger partial charge in [-0.3, -0.25) is 9.59 Å². The summed E-state index contributed by atoms with van der Waals surface area (Å²) < 4.78 is 16.1. The summed E-state index contributed by atoms with van der Waals surface area (Å²) in [6.45, 7) is 4.17. The van der Waals surface area contributed by atoms with Gasteiger partial charge in [0.2, 0.25) is 6.29 Å². The van der Waals surface area contributed by atoms with Gasteiger partial charge in [0.1, 0.15) is 31.0 Å². The molecule has 0 radical (unpaired) electrons. The third-order valence-electron chi connectivity index (χ3n) is 8.29. The van der Waals surface area contributed by atoms with E-state index >= 15 is 0 Å². The molecule has 3 N–H and O–H groups in total. The van der Waals surface area contributed by atoms with Gasteiger partial charge in [-0.05, 0) is 12.8 Å². The van der Waals surface area contributed by atoms with Crippen LogP contribution in [-0.4, -0.2) is 64.6 Å². The molecular weight excluding hydrogens is 536 g/mol. The van der Waals surface area contributed by atoms with E-state index in [9.17, 15) is 24.9 Å². The molecule has 0 bridgehead atoms. The number of aliphatic hydroxyl groups is 3. The Morgan fingerprint density at radius 3 is 1.33 bits per heavy atom. The average molecular weight is 601 g/mol. The summed E-state index contributed by atoms with van der Waals surface area (Å²) in [4.78, 5) is 24.5. The fraction of sp³-hybridized carbons (Fsp3) is 0.941. The maximum atomic E-state index is 12.3. The SMILES string of the molecule is CCCCCCCCCCCCCC(=O)OC[C@H]1O[C@@H](OC(=O)CCCCCCCCCCCCC)[C@H](O)[C@@H](O)[C@@H]1O. The van der Waals surface area contributed by atoms with E-state index in [2.05, 4.69) is 13.8 Å². The Morgan fingerprint density at radius 1 is 0.524 bits per heavy atom. The number of carbonyl (C=O) groups is 2. The van der Waals surface area contributed by atoms with Crippen molar-refractivity contribution in [1.82, 2.24) is 0 Å². The van der Waals surface area contributed by atoms with Crippen LogP contribution in [0.1, 0.15) is 168 Å². The van der Waals surface area contributed by atoms with Crippen LogP contribution < -0.4 is 0 Å². The van der Waals surface area contributed by atoms with Gasteiger partial charge in [-0.1, -0.05) is 142 Å². The number of unbranched alkanes of at least 4 members (excludes halogenated alkanes) is 20. The van der Waals surface area contributed by atoms with Crippen LogP contribution in [0.2, 0.25) is 0 Å². The lowest BCUT2D eigenvalue weighted by atomic mass is 9.99. The van der Waals surface area contributed by atoms with Crippen molar-refractivity contribution in [3.8, 4) is 0 Å². The van der Waals surface area contributed by atoms with Gasteiger partial charge in [0.05, 0.1) is 0 Å². The molecule has 0 spiro atoms. The van der Waals surface area contributed by atoms with Crippen molar-refractivity contribution in [3.05, 3.63) is 0 Å². The molecule has 1 rings (SSSR count). The molecule has 0 saturated carbocycles. The van der Waals surface area contributed by atoms with Crippen LogP contribution in [0.4, 0.5) is 0 Å². The van der Waals surface area contributed by atoms with Crippen molar-refractivity contribution in [3.63, 3.8) is 0 Å². The zero-order valence-electron chi connectivity index (χ0n) is 26.9. The highest BCUT2D eigenvalue weighted by molar-refractivity contribution is 5.69. The van der Waals surface area contributed by atoms with E-state index in [0.29, 0.717) is 6.42 Å². The van der Waals surface area contributed by atoms with E-state index in [1.165, 1.54) is 96.3 Å². The van der Waals surface area contributed by atoms with Crippen molar-refractivity contribution in [1.29, 1.82) is 0 Å². The van der Waals surface area contributed by atoms with Gasteiger partial charge in [0.25, 0.3) is 0 Å². The van der Waals surface area contributed by atoms with Crippen molar-refractivity contribution in [2.24, 2.45) is 0 Å². The van der Waals surface area contributed by atoms with E-state index in [1.54, 1.807) is 0 Å². The van der Waals surface area contributed by atoms with Crippen LogP contribution in [0, 0.1) is 0 Å². The zero-order chi connectivity index (χ0) is 30.8. The minimum Gasteiger partial charge on any atom is -0.463 e. The van der Waals surface area contributed by atoms with E-state index in [0.717, 1.165) is 38.5 Å². The van der Waals surface area contributed by atoms with Gasteiger partial charge < -0.3 is 29.5 Å². The number of ether oxygens (including phenoxy) is 3. The Labute approximate surface area is 256 Å². The number of aliphatic hydroxyl groups excluding tert-OH is 3. The van der Waals surface area contributed by atoms with Crippen molar-refractivity contribution >= 4 is 11.9 Å². The molecule has 0 amide bonds. The second-order valence-electron chi connectivity index (χ2n) is 12.3. The molecule has 0 aromatic heterocycles. The highest BCUT2D eigenvalue weighted by Gasteiger charge is 2.46. The Morgan fingerprint density at radius 2 is 0.905 bits per heavy atom. The topological polar surface area (TPSA) is 123 Å². The Kier molecular flexibility index (Phi) is 24.2. The van der Waals surface area contributed by atoms with Crippen LogP contribution in [0.5, 0.6) is 0 Å². The fourth-order valence-corrected chi connectivity index (χ4v) is 5.45.